The summed E-state index contributed by atoms with van der Waals surface area (Å²) in [5.74, 6) is 0.265. The van der Waals surface area contributed by atoms with Crippen molar-refractivity contribution in [2.45, 2.75) is 19.8 Å². The second-order valence-electron chi connectivity index (χ2n) is 6.58. The highest BCUT2D eigenvalue weighted by atomic mass is 35.5. The molecule has 1 aliphatic rings. The number of benzene rings is 1. The van der Waals surface area contributed by atoms with Crippen molar-refractivity contribution in [2.24, 2.45) is 0 Å². The lowest BCUT2D eigenvalue weighted by atomic mass is 10.0. The predicted octanol–water partition coefficient (Wildman–Crippen LogP) is 3.04. The van der Waals surface area contributed by atoms with E-state index in [-0.39, 0.29) is 11.8 Å². The van der Waals surface area contributed by atoms with Gasteiger partial charge in [0.1, 0.15) is 0 Å². The normalized spacial score (nSPS) is 16.0. The first-order chi connectivity index (χ1) is 11.5. The van der Waals surface area contributed by atoms with Crippen molar-refractivity contribution >= 4 is 17.5 Å². The molecule has 1 fully saturated rings. The average Bonchev–Trinajstić information content (AvgIpc) is 3.01. The first kappa shape index (κ1) is 17.0. The van der Waals surface area contributed by atoms with Crippen LogP contribution < -0.4 is 0 Å². The number of hydrogen-bond acceptors (Lipinski definition) is 3. The molecule has 0 spiro atoms. The Kier molecular flexibility index (Phi) is 4.92. The molecule has 1 saturated heterocycles. The number of rotatable bonds is 3. The summed E-state index contributed by atoms with van der Waals surface area (Å²) < 4.78 is 1.85. The van der Waals surface area contributed by atoms with Crippen LogP contribution in [0.5, 0.6) is 0 Å². The van der Waals surface area contributed by atoms with Gasteiger partial charge >= 0.3 is 0 Å². The summed E-state index contributed by atoms with van der Waals surface area (Å²) in [6.07, 6.45) is 1.70. The van der Waals surface area contributed by atoms with Crippen molar-refractivity contribution in [1.82, 2.24) is 19.6 Å². The molecule has 0 unspecified atom stereocenters. The minimum Gasteiger partial charge on any atom is -0.336 e. The summed E-state index contributed by atoms with van der Waals surface area (Å²) in [6, 6.07) is 7.52. The first-order valence-corrected chi connectivity index (χ1v) is 8.67. The molecule has 0 atom stereocenters. The summed E-state index contributed by atoms with van der Waals surface area (Å²) in [7, 11) is 2.08. The average molecular weight is 347 g/mol. The Labute approximate surface area is 147 Å². The van der Waals surface area contributed by atoms with Gasteiger partial charge in [-0.2, -0.15) is 5.10 Å². The third kappa shape index (κ3) is 3.32. The molecule has 3 rings (SSSR count). The zero-order chi connectivity index (χ0) is 17.3. The van der Waals surface area contributed by atoms with Gasteiger partial charge in [-0.15, -0.1) is 0 Å². The lowest BCUT2D eigenvalue weighted by Gasteiger charge is -2.32. The molecule has 0 radical (unpaired) electrons. The molecule has 128 valence electrons. The van der Waals surface area contributed by atoms with Gasteiger partial charge in [0.2, 0.25) is 0 Å². The van der Waals surface area contributed by atoms with E-state index in [2.05, 4.69) is 30.9 Å². The fourth-order valence-electron chi connectivity index (χ4n) is 3.05. The molecule has 1 aromatic heterocycles. The van der Waals surface area contributed by atoms with Gasteiger partial charge in [-0.3, -0.25) is 4.79 Å². The highest BCUT2D eigenvalue weighted by molar-refractivity contribution is 6.30. The highest BCUT2D eigenvalue weighted by Crippen LogP contribution is 2.25. The van der Waals surface area contributed by atoms with Crippen LogP contribution in [0.25, 0.3) is 5.69 Å². The number of aromatic nitrogens is 2. The summed E-state index contributed by atoms with van der Waals surface area (Å²) in [4.78, 5) is 17.1. The summed E-state index contributed by atoms with van der Waals surface area (Å²) in [5.41, 5.74) is 2.56. The molecule has 2 heterocycles. The number of amides is 1. The summed E-state index contributed by atoms with van der Waals surface area (Å²) >= 11 is 5.98. The van der Waals surface area contributed by atoms with E-state index in [1.54, 1.807) is 6.20 Å². The first-order valence-electron chi connectivity index (χ1n) is 8.29. The van der Waals surface area contributed by atoms with Crippen molar-refractivity contribution in [3.8, 4) is 5.69 Å². The van der Waals surface area contributed by atoms with Gasteiger partial charge in [0.15, 0.2) is 0 Å². The molecule has 1 amide bonds. The van der Waals surface area contributed by atoms with Crippen LogP contribution in [0.4, 0.5) is 0 Å². The lowest BCUT2D eigenvalue weighted by molar-refractivity contribution is 0.0662. The standard InChI is InChI=1S/C18H23ClN4O/c1-13(2)17-16(18(24)22-10-8-21(3)9-11-22)12-20-23(17)15-6-4-14(19)5-7-15/h4-7,12-13H,8-11H2,1-3H3. The molecule has 0 N–H and O–H groups in total. The molecule has 2 aromatic rings. The number of halogens is 1. The highest BCUT2D eigenvalue weighted by Gasteiger charge is 2.26. The molecule has 0 saturated carbocycles. The smallest absolute Gasteiger partial charge is 0.257 e. The van der Waals surface area contributed by atoms with Crippen LogP contribution in [0, 0.1) is 0 Å². The number of piperazine rings is 1. The fourth-order valence-corrected chi connectivity index (χ4v) is 3.17. The van der Waals surface area contributed by atoms with Gasteiger partial charge in [-0.25, -0.2) is 4.68 Å². The van der Waals surface area contributed by atoms with E-state index in [0.29, 0.717) is 10.6 Å². The van der Waals surface area contributed by atoms with E-state index in [9.17, 15) is 4.79 Å². The zero-order valence-electron chi connectivity index (χ0n) is 14.4. The largest absolute Gasteiger partial charge is 0.336 e. The Hall–Kier alpha value is -1.85. The van der Waals surface area contributed by atoms with Crippen LogP contribution >= 0.6 is 11.6 Å². The Morgan fingerprint density at radius 3 is 2.33 bits per heavy atom. The Morgan fingerprint density at radius 2 is 1.75 bits per heavy atom. The molecule has 0 aliphatic carbocycles. The second kappa shape index (κ2) is 6.95. The molecule has 24 heavy (non-hydrogen) atoms. The van der Waals surface area contributed by atoms with Crippen molar-refractivity contribution in [3.63, 3.8) is 0 Å². The number of carbonyl (C=O) groups excluding carboxylic acids is 1. The van der Waals surface area contributed by atoms with Gasteiger partial charge in [0.25, 0.3) is 5.91 Å². The third-order valence-corrected chi connectivity index (χ3v) is 4.70. The van der Waals surface area contributed by atoms with Crippen LogP contribution in [-0.4, -0.2) is 58.7 Å². The van der Waals surface area contributed by atoms with E-state index >= 15 is 0 Å². The molecular weight excluding hydrogens is 324 g/mol. The molecular formula is C18H23ClN4O. The lowest BCUT2D eigenvalue weighted by Crippen LogP contribution is -2.47. The maximum absolute atomic E-state index is 13.0. The monoisotopic (exact) mass is 346 g/mol. The van der Waals surface area contributed by atoms with Crippen LogP contribution in [-0.2, 0) is 0 Å². The van der Waals surface area contributed by atoms with Gasteiger partial charge in [-0.1, -0.05) is 25.4 Å². The second-order valence-corrected chi connectivity index (χ2v) is 7.02. The Bertz CT molecular complexity index is 715. The van der Waals surface area contributed by atoms with E-state index in [1.165, 1.54) is 0 Å². The molecule has 5 nitrogen and oxygen atoms in total. The van der Waals surface area contributed by atoms with Crippen LogP contribution in [0.15, 0.2) is 30.5 Å². The molecule has 1 aromatic carbocycles. The number of hydrogen-bond donors (Lipinski definition) is 0. The SMILES string of the molecule is CC(C)c1c(C(=O)N2CCN(C)CC2)cnn1-c1ccc(Cl)cc1. The molecule has 0 bridgehead atoms. The Morgan fingerprint density at radius 1 is 1.12 bits per heavy atom. The topological polar surface area (TPSA) is 41.4 Å². The van der Waals surface area contributed by atoms with Gasteiger partial charge in [0.05, 0.1) is 23.1 Å². The van der Waals surface area contributed by atoms with Crippen molar-refractivity contribution in [3.05, 3.63) is 46.7 Å². The summed E-state index contributed by atoms with van der Waals surface area (Å²) in [6.45, 7) is 7.52. The fraction of sp³-hybridized carbons (Fsp3) is 0.444. The molecule has 1 aliphatic heterocycles. The maximum Gasteiger partial charge on any atom is 0.257 e. The quantitative estimate of drug-likeness (QED) is 0.857. The van der Waals surface area contributed by atoms with E-state index in [4.69, 9.17) is 11.6 Å². The van der Waals surface area contributed by atoms with Crippen molar-refractivity contribution in [1.29, 1.82) is 0 Å². The van der Waals surface area contributed by atoms with Crippen molar-refractivity contribution < 1.29 is 4.79 Å². The van der Waals surface area contributed by atoms with Gasteiger partial charge < -0.3 is 9.80 Å². The number of carbonyl (C=O) groups is 1. The molecule has 6 heteroatoms. The van der Waals surface area contributed by atoms with E-state index < -0.39 is 0 Å². The number of nitrogens with zero attached hydrogens (tertiary/aromatic N) is 4. The minimum absolute atomic E-state index is 0.0759. The van der Waals surface area contributed by atoms with E-state index in [1.807, 2.05) is 33.8 Å². The van der Waals surface area contributed by atoms with Crippen LogP contribution in [0.3, 0.4) is 0 Å². The van der Waals surface area contributed by atoms with Crippen molar-refractivity contribution in [2.75, 3.05) is 33.2 Å². The third-order valence-electron chi connectivity index (χ3n) is 4.45. The van der Waals surface area contributed by atoms with Crippen LogP contribution in [0.1, 0.15) is 35.8 Å². The predicted molar refractivity (Wildman–Crippen MR) is 96.1 cm³/mol. The maximum atomic E-state index is 13.0. The zero-order valence-corrected chi connectivity index (χ0v) is 15.1. The minimum atomic E-state index is 0.0759. The van der Waals surface area contributed by atoms with Crippen LogP contribution in [0.2, 0.25) is 5.02 Å². The van der Waals surface area contributed by atoms with Gasteiger partial charge in [0, 0.05) is 31.2 Å². The Balaban J connectivity index is 1.94. The number of likely N-dealkylation sites (N-methyl/N-ethyl adjacent to an activating group) is 1. The van der Waals surface area contributed by atoms with Gasteiger partial charge in [-0.05, 0) is 37.2 Å². The van der Waals surface area contributed by atoms with E-state index in [0.717, 1.165) is 37.6 Å². The summed E-state index contributed by atoms with van der Waals surface area (Å²) in [5, 5.41) is 5.17.